The molecule has 654 valence electrons. The summed E-state index contributed by atoms with van der Waals surface area (Å²) in [5.74, 6) is 1.19. The van der Waals surface area contributed by atoms with E-state index in [2.05, 4.69) is 77.1 Å². The predicted molar refractivity (Wildman–Crippen MR) is 477 cm³/mol. The molecule has 0 amide bonds. The molecule has 0 aliphatic carbocycles. The fourth-order valence-electron chi connectivity index (χ4n) is 16.4. The van der Waals surface area contributed by atoms with Gasteiger partial charge in [-0.25, -0.2) is 0 Å². The third kappa shape index (κ3) is 78.3. The third-order valence-corrected chi connectivity index (χ3v) is 24.2. The number of hydrogen-bond acceptors (Lipinski definition) is 11. The number of ether oxygens (including phenoxy) is 4. The van der Waals surface area contributed by atoms with Crippen LogP contribution in [0.3, 0.4) is 0 Å². The molecule has 4 atom stereocenters. The first-order valence-corrected chi connectivity index (χ1v) is 49.7. The first-order valence-electron chi connectivity index (χ1n) is 49.7. The molecule has 11 nitrogen and oxygen atoms in total. The second-order valence-electron chi connectivity index (χ2n) is 35.2. The van der Waals surface area contributed by atoms with Gasteiger partial charge in [0.2, 0.25) is 0 Å². The van der Waals surface area contributed by atoms with Gasteiger partial charge in [-0.05, 0) is 121 Å². The molecule has 0 aliphatic heterocycles. The number of carbonyl (C=O) groups is 4. The number of unbranched alkanes of at least 4 members (excludes halogenated alkanes) is 48. The minimum Gasteiger partial charge on any atom is -0.465 e. The van der Waals surface area contributed by atoms with Crippen molar-refractivity contribution in [3.63, 3.8) is 0 Å². The zero-order valence-corrected chi connectivity index (χ0v) is 75.9. The van der Waals surface area contributed by atoms with E-state index in [1.54, 1.807) is 0 Å². The molecule has 0 bridgehead atoms. The maximum Gasteiger partial charge on any atom is 0.307 e. The summed E-state index contributed by atoms with van der Waals surface area (Å²) in [5.41, 5.74) is 0. The second-order valence-corrected chi connectivity index (χ2v) is 35.2. The van der Waals surface area contributed by atoms with Crippen LogP contribution >= 0.6 is 0 Å². The van der Waals surface area contributed by atoms with Crippen molar-refractivity contribution in [2.75, 3.05) is 85.8 Å². The first-order chi connectivity index (χ1) is 54.0. The molecule has 0 spiro atoms. The van der Waals surface area contributed by atoms with Crippen LogP contribution in [0.2, 0.25) is 0 Å². The molecule has 0 rings (SSSR count). The Kier molecular flexibility index (Phi) is 85.8. The molecule has 0 aliphatic rings. The van der Waals surface area contributed by atoms with Gasteiger partial charge in [-0.2, -0.15) is 0 Å². The Morgan fingerprint density at radius 3 is 0.491 bits per heavy atom. The van der Waals surface area contributed by atoms with E-state index in [1.165, 1.54) is 360 Å². The van der Waals surface area contributed by atoms with E-state index in [0.717, 1.165) is 90.4 Å². The molecule has 0 N–H and O–H groups in total. The molecule has 0 aromatic carbocycles. The van der Waals surface area contributed by atoms with E-state index < -0.39 is 0 Å². The van der Waals surface area contributed by atoms with Crippen LogP contribution in [0.1, 0.15) is 505 Å². The smallest absolute Gasteiger partial charge is 0.307 e. The summed E-state index contributed by atoms with van der Waals surface area (Å²) in [6, 6.07) is 0. The molecule has 0 aromatic heterocycles. The Balaban J connectivity index is 6.41. The molecule has 4 unspecified atom stereocenters. The quantitative estimate of drug-likeness (QED) is 0.0329. The molecule has 0 saturated heterocycles. The van der Waals surface area contributed by atoms with Crippen LogP contribution in [0.4, 0.5) is 0 Å². The molecule has 0 saturated carbocycles. The fraction of sp³-hybridized carbons (Fsp3) is 0.960. The summed E-state index contributed by atoms with van der Waals surface area (Å²) in [5, 5.41) is 0. The van der Waals surface area contributed by atoms with Gasteiger partial charge >= 0.3 is 23.9 Å². The van der Waals surface area contributed by atoms with Crippen LogP contribution in [0.5, 0.6) is 0 Å². The number of carbonyl (C=O) groups excluding carboxylic acids is 4. The van der Waals surface area contributed by atoms with Crippen molar-refractivity contribution in [1.29, 1.82) is 0 Å². The van der Waals surface area contributed by atoms with Crippen molar-refractivity contribution in [2.24, 2.45) is 23.7 Å². The van der Waals surface area contributed by atoms with Crippen LogP contribution in [-0.2, 0) is 38.1 Å². The van der Waals surface area contributed by atoms with Crippen molar-refractivity contribution in [1.82, 2.24) is 14.7 Å². The van der Waals surface area contributed by atoms with Crippen molar-refractivity contribution >= 4 is 23.9 Å². The zero-order chi connectivity index (χ0) is 80.2. The Hall–Kier alpha value is -2.24. The van der Waals surface area contributed by atoms with Gasteiger partial charge in [0.25, 0.3) is 0 Å². The Bertz CT molecular complexity index is 1640. The maximum absolute atomic E-state index is 13.8. The van der Waals surface area contributed by atoms with Gasteiger partial charge in [0.1, 0.15) is 0 Å². The summed E-state index contributed by atoms with van der Waals surface area (Å²) >= 11 is 0. The fourth-order valence-corrected chi connectivity index (χ4v) is 16.4. The van der Waals surface area contributed by atoms with E-state index in [1.807, 2.05) is 0 Å². The van der Waals surface area contributed by atoms with Crippen LogP contribution in [0.15, 0.2) is 0 Å². The lowest BCUT2D eigenvalue weighted by atomic mass is 9.94. The van der Waals surface area contributed by atoms with E-state index in [4.69, 9.17) is 18.9 Å². The Labute approximate surface area is 687 Å². The average Bonchev–Trinajstić information content (AvgIpc) is 0.954. The third-order valence-electron chi connectivity index (χ3n) is 24.2. The number of rotatable bonds is 92. The summed E-state index contributed by atoms with van der Waals surface area (Å²) in [6.07, 6.45) is 84.7. The highest BCUT2D eigenvalue weighted by Crippen LogP contribution is 2.26. The van der Waals surface area contributed by atoms with Crippen LogP contribution in [0, 0.1) is 23.7 Å². The second kappa shape index (κ2) is 87.6. The van der Waals surface area contributed by atoms with Gasteiger partial charge in [0.15, 0.2) is 0 Å². The highest BCUT2D eigenvalue weighted by atomic mass is 16.5. The van der Waals surface area contributed by atoms with Gasteiger partial charge < -0.3 is 33.6 Å². The lowest BCUT2D eigenvalue weighted by molar-refractivity contribution is -0.147. The molecule has 0 heterocycles. The topological polar surface area (TPSA) is 115 Å². The lowest BCUT2D eigenvalue weighted by Crippen LogP contribution is -2.34. The predicted octanol–water partition coefficient (Wildman–Crippen LogP) is 29.6. The zero-order valence-electron chi connectivity index (χ0n) is 75.9. The molecule has 0 aromatic rings. The molecule has 110 heavy (non-hydrogen) atoms. The minimum absolute atomic E-state index is 0.119. The van der Waals surface area contributed by atoms with Gasteiger partial charge in [0.05, 0.1) is 52.1 Å². The normalized spacial score (nSPS) is 12.9. The summed E-state index contributed by atoms with van der Waals surface area (Å²) in [6.45, 7) is 25.9. The highest BCUT2D eigenvalue weighted by Gasteiger charge is 2.21. The number of nitrogens with zero attached hydrogens (tertiary/aromatic N) is 3. The monoisotopic (exact) mass is 1550 g/mol. The largest absolute Gasteiger partial charge is 0.465 e. The Morgan fingerprint density at radius 2 is 0.336 bits per heavy atom. The van der Waals surface area contributed by atoms with Crippen molar-refractivity contribution in [3.8, 4) is 0 Å². The molecule has 11 heteroatoms. The van der Waals surface area contributed by atoms with Crippen LogP contribution in [0.25, 0.3) is 0 Å². The van der Waals surface area contributed by atoms with E-state index >= 15 is 0 Å². The summed E-state index contributed by atoms with van der Waals surface area (Å²) < 4.78 is 24.8. The average molecular weight is 1560 g/mol. The molecule has 0 radical (unpaired) electrons. The molecule has 0 fully saturated rings. The van der Waals surface area contributed by atoms with Gasteiger partial charge in [-0.3, -0.25) is 19.2 Å². The van der Waals surface area contributed by atoms with Crippen molar-refractivity contribution < 1.29 is 38.1 Å². The standard InChI is InChI=1S/C99H195N3O8/c1-10-18-26-34-42-46-54-62-72-92(68-58-50-38-30-22-14-5)88-107-96(103)76-84-101(85-77-97(104)108-89-93(69-59-51-39-31-23-15-6)73-63-55-47-43-35-27-19-11-2)82-66-80-100(9)81-67-83-102(86-78-98(105)109-90-94(70-60-52-40-32-24-16-7)74-64-56-48-44-36-28-20-12-3)87-79-99(106)110-91-95(71-61-53-41-33-25-17-8)75-65-57-49-45-37-29-21-13-4/h92-95H,10-91H2,1-9H3. The van der Waals surface area contributed by atoms with Crippen LogP contribution in [-0.4, -0.2) is 124 Å². The van der Waals surface area contributed by atoms with E-state index in [-0.39, 0.29) is 23.9 Å². The first kappa shape index (κ1) is 108. The SMILES string of the molecule is CCCCCCCCCCC(CCCCCCCC)COC(=O)CCN(CCCN(C)CCCN(CCC(=O)OCC(CCCCCCCC)CCCCCCCCCC)CCC(=O)OCC(CCCCCCCC)CCCCCCCCCC)CCC(=O)OCC(CCCCCCCC)CCCCCCCCCC. The minimum atomic E-state index is -0.119. The van der Waals surface area contributed by atoms with Crippen LogP contribution < -0.4 is 0 Å². The van der Waals surface area contributed by atoms with Crippen molar-refractivity contribution in [3.05, 3.63) is 0 Å². The lowest BCUT2D eigenvalue weighted by Gasteiger charge is -2.25. The van der Waals surface area contributed by atoms with E-state index in [0.29, 0.717) is 102 Å². The highest BCUT2D eigenvalue weighted by molar-refractivity contribution is 5.71. The summed E-state index contributed by atoms with van der Waals surface area (Å²) in [7, 11) is 2.20. The number of esters is 4. The van der Waals surface area contributed by atoms with Gasteiger partial charge in [0, 0.05) is 26.2 Å². The van der Waals surface area contributed by atoms with Gasteiger partial charge in [-0.1, -0.05) is 415 Å². The number of hydrogen-bond donors (Lipinski definition) is 0. The van der Waals surface area contributed by atoms with Gasteiger partial charge in [-0.15, -0.1) is 0 Å². The summed E-state index contributed by atoms with van der Waals surface area (Å²) in [4.78, 5) is 62.3. The Morgan fingerprint density at radius 1 is 0.191 bits per heavy atom. The van der Waals surface area contributed by atoms with Crippen molar-refractivity contribution in [2.45, 2.75) is 505 Å². The van der Waals surface area contributed by atoms with E-state index in [9.17, 15) is 19.2 Å². The maximum atomic E-state index is 13.8. The molecular formula is C99H195N3O8. The molecular weight excluding hydrogens is 1360 g/mol.